The molecule has 0 saturated carbocycles. The lowest BCUT2D eigenvalue weighted by molar-refractivity contribution is 0.660. The Morgan fingerprint density at radius 3 is 1.60 bits per heavy atom. The van der Waals surface area contributed by atoms with Crippen LogP contribution >= 0.6 is 0 Å². The number of hydrogen-bond donors (Lipinski definition) is 0. The minimum Gasteiger partial charge on any atom is -0.256 e. The summed E-state index contributed by atoms with van der Waals surface area (Å²) >= 11 is 0. The van der Waals surface area contributed by atoms with Gasteiger partial charge in [-0.3, -0.25) is 9.97 Å². The second kappa shape index (κ2) is 13.0. The van der Waals surface area contributed by atoms with Gasteiger partial charge in [0.2, 0.25) is 0 Å². The molecule has 268 valence electrons. The number of benzene rings is 8. The molecule has 0 bridgehead atoms. The normalized spacial score (nSPS) is 12.9. The summed E-state index contributed by atoms with van der Waals surface area (Å²) in [6.45, 7) is 4.74. The summed E-state index contributed by atoms with van der Waals surface area (Å²) in [5, 5.41) is 7.37. The van der Waals surface area contributed by atoms with Crippen LogP contribution in [0.25, 0.3) is 99.3 Å². The molecule has 0 amide bonds. The Kier molecular flexibility index (Phi) is 7.55. The summed E-state index contributed by atoms with van der Waals surface area (Å²) in [6.07, 6.45) is 3.74. The number of hydrogen-bond acceptors (Lipinski definition) is 2. The molecule has 8 aromatic carbocycles. The summed E-state index contributed by atoms with van der Waals surface area (Å²) in [4.78, 5) is 9.60. The highest BCUT2D eigenvalue weighted by molar-refractivity contribution is 6.22. The van der Waals surface area contributed by atoms with Crippen molar-refractivity contribution in [2.45, 2.75) is 19.3 Å². The predicted octanol–water partition coefficient (Wildman–Crippen LogP) is 14.6. The molecule has 2 heteroatoms. The maximum atomic E-state index is 4.80. The monoisotopic (exact) mass is 726 g/mol. The van der Waals surface area contributed by atoms with E-state index in [1.807, 2.05) is 24.5 Å². The largest absolute Gasteiger partial charge is 0.256 e. The zero-order chi connectivity index (χ0) is 38.1. The van der Waals surface area contributed by atoms with Crippen molar-refractivity contribution >= 4 is 32.3 Å². The Morgan fingerprint density at radius 1 is 0.333 bits per heavy atom. The van der Waals surface area contributed by atoms with Gasteiger partial charge in [0.1, 0.15) is 0 Å². The van der Waals surface area contributed by atoms with Crippen molar-refractivity contribution in [3.63, 3.8) is 0 Å². The van der Waals surface area contributed by atoms with E-state index < -0.39 is 0 Å². The molecule has 10 aromatic rings. The molecule has 1 aliphatic carbocycles. The quantitative estimate of drug-likeness (QED) is 0.165. The summed E-state index contributed by atoms with van der Waals surface area (Å²) in [5.41, 5.74) is 16.5. The van der Waals surface area contributed by atoms with E-state index in [4.69, 9.17) is 9.97 Å². The van der Waals surface area contributed by atoms with Gasteiger partial charge in [-0.25, -0.2) is 0 Å². The number of pyridine rings is 2. The standard InChI is InChI=1S/C55H38N2/c1-55(2)49-21-8-7-17-43(49)44-26-25-37(34-50(44)55)53-45-18-5-6-19-46(45)54(47-27-24-36(33-48(47)53)42-20-13-15-35-14-3-4-16-41(35)42)40-31-38(51-22-9-11-28-56-51)30-39(32-40)52-23-10-12-29-57-52/h3-34H,1-2H3. The molecule has 2 heterocycles. The molecule has 0 spiro atoms. The first-order valence-corrected chi connectivity index (χ1v) is 19.7. The molecule has 0 unspecified atom stereocenters. The number of fused-ring (bicyclic) bond motifs is 6. The Balaban J connectivity index is 1.24. The van der Waals surface area contributed by atoms with E-state index in [1.54, 1.807) is 0 Å². The van der Waals surface area contributed by atoms with Gasteiger partial charge in [0.15, 0.2) is 0 Å². The molecule has 2 nitrogen and oxygen atoms in total. The van der Waals surface area contributed by atoms with E-state index in [0.29, 0.717) is 0 Å². The average Bonchev–Trinajstić information content (AvgIpc) is 3.50. The van der Waals surface area contributed by atoms with Crippen molar-refractivity contribution in [1.82, 2.24) is 9.97 Å². The third kappa shape index (κ3) is 5.33. The Bertz CT molecular complexity index is 3130. The highest BCUT2D eigenvalue weighted by Gasteiger charge is 2.35. The van der Waals surface area contributed by atoms with Crippen LogP contribution < -0.4 is 0 Å². The van der Waals surface area contributed by atoms with Crippen molar-refractivity contribution in [2.24, 2.45) is 0 Å². The SMILES string of the molecule is CC1(C)c2ccccc2-c2ccc(-c3c4ccccc4c(-c4cc(-c5ccccn5)cc(-c5ccccn5)c4)c4ccc(-c5cccc6ccccc56)cc34)cc21. The third-order valence-corrected chi connectivity index (χ3v) is 12.1. The molecule has 0 aliphatic heterocycles. The van der Waals surface area contributed by atoms with Gasteiger partial charge < -0.3 is 0 Å². The average molecular weight is 727 g/mol. The van der Waals surface area contributed by atoms with Gasteiger partial charge in [-0.05, 0) is 143 Å². The molecule has 2 aromatic heterocycles. The van der Waals surface area contributed by atoms with Crippen molar-refractivity contribution in [3.8, 4) is 67.0 Å². The molecule has 0 atom stereocenters. The maximum Gasteiger partial charge on any atom is 0.0702 e. The van der Waals surface area contributed by atoms with Gasteiger partial charge in [-0.2, -0.15) is 0 Å². The fraction of sp³-hybridized carbons (Fsp3) is 0.0545. The Morgan fingerprint density at radius 2 is 0.877 bits per heavy atom. The fourth-order valence-corrected chi connectivity index (χ4v) is 9.44. The number of nitrogens with zero attached hydrogens (tertiary/aromatic N) is 2. The van der Waals surface area contributed by atoms with E-state index in [2.05, 4.69) is 184 Å². The highest BCUT2D eigenvalue weighted by Crippen LogP contribution is 2.52. The predicted molar refractivity (Wildman–Crippen MR) is 239 cm³/mol. The summed E-state index contributed by atoms with van der Waals surface area (Å²) in [7, 11) is 0. The topological polar surface area (TPSA) is 25.8 Å². The van der Waals surface area contributed by atoms with E-state index >= 15 is 0 Å². The number of aromatic nitrogens is 2. The maximum absolute atomic E-state index is 4.80. The molecule has 0 saturated heterocycles. The molecule has 0 N–H and O–H groups in total. The van der Waals surface area contributed by atoms with Crippen LogP contribution in [0.5, 0.6) is 0 Å². The Hall–Kier alpha value is -7.16. The van der Waals surface area contributed by atoms with Gasteiger partial charge in [-0.1, -0.05) is 141 Å². The molecule has 1 aliphatic rings. The van der Waals surface area contributed by atoms with Gasteiger partial charge in [0.25, 0.3) is 0 Å². The first-order valence-electron chi connectivity index (χ1n) is 19.7. The smallest absolute Gasteiger partial charge is 0.0702 e. The summed E-state index contributed by atoms with van der Waals surface area (Å²) < 4.78 is 0. The van der Waals surface area contributed by atoms with E-state index in [9.17, 15) is 0 Å². The van der Waals surface area contributed by atoms with E-state index in [-0.39, 0.29) is 5.41 Å². The molecule has 0 fully saturated rings. The van der Waals surface area contributed by atoms with Crippen LogP contribution in [-0.4, -0.2) is 9.97 Å². The number of rotatable bonds is 5. The first kappa shape index (κ1) is 33.2. The zero-order valence-electron chi connectivity index (χ0n) is 31.9. The summed E-state index contributed by atoms with van der Waals surface area (Å²) in [6, 6.07) is 66.6. The van der Waals surface area contributed by atoms with Crippen LogP contribution in [0.4, 0.5) is 0 Å². The third-order valence-electron chi connectivity index (χ3n) is 12.1. The molecular weight excluding hydrogens is 689 g/mol. The molecule has 11 rings (SSSR count). The van der Waals surface area contributed by atoms with Gasteiger partial charge in [0.05, 0.1) is 11.4 Å². The van der Waals surface area contributed by atoms with Gasteiger partial charge in [-0.15, -0.1) is 0 Å². The highest BCUT2D eigenvalue weighted by atomic mass is 14.7. The van der Waals surface area contributed by atoms with E-state index in [0.717, 1.165) is 28.1 Å². The molecule has 57 heavy (non-hydrogen) atoms. The van der Waals surface area contributed by atoms with Crippen LogP contribution in [0.1, 0.15) is 25.0 Å². The molecule has 0 radical (unpaired) electrons. The van der Waals surface area contributed by atoms with E-state index in [1.165, 1.54) is 82.4 Å². The van der Waals surface area contributed by atoms with Crippen LogP contribution in [-0.2, 0) is 5.41 Å². The first-order chi connectivity index (χ1) is 28.0. The van der Waals surface area contributed by atoms with Crippen LogP contribution in [0.2, 0.25) is 0 Å². The van der Waals surface area contributed by atoms with Crippen molar-refractivity contribution in [2.75, 3.05) is 0 Å². The van der Waals surface area contributed by atoms with Crippen LogP contribution in [0, 0.1) is 0 Å². The van der Waals surface area contributed by atoms with Crippen LogP contribution in [0.15, 0.2) is 194 Å². The van der Waals surface area contributed by atoms with Gasteiger partial charge in [0, 0.05) is 28.9 Å². The fourth-order valence-electron chi connectivity index (χ4n) is 9.44. The Labute approximate surface area is 332 Å². The van der Waals surface area contributed by atoms with Crippen molar-refractivity contribution in [3.05, 3.63) is 206 Å². The lowest BCUT2D eigenvalue weighted by Crippen LogP contribution is -2.14. The van der Waals surface area contributed by atoms with Gasteiger partial charge >= 0.3 is 0 Å². The lowest BCUT2D eigenvalue weighted by Gasteiger charge is -2.23. The summed E-state index contributed by atoms with van der Waals surface area (Å²) in [5.74, 6) is 0. The van der Waals surface area contributed by atoms with Crippen molar-refractivity contribution in [1.29, 1.82) is 0 Å². The minimum atomic E-state index is -0.116. The molecular formula is C55H38N2. The lowest BCUT2D eigenvalue weighted by atomic mass is 9.80. The minimum absolute atomic E-state index is 0.116. The van der Waals surface area contributed by atoms with Crippen LogP contribution in [0.3, 0.4) is 0 Å². The zero-order valence-corrected chi connectivity index (χ0v) is 31.9. The second-order valence-corrected chi connectivity index (χ2v) is 15.7. The second-order valence-electron chi connectivity index (χ2n) is 15.7. The van der Waals surface area contributed by atoms with Crippen molar-refractivity contribution < 1.29 is 0 Å².